The maximum atomic E-state index is 12.8. The van der Waals surface area contributed by atoms with E-state index in [0.29, 0.717) is 23.5 Å². The van der Waals surface area contributed by atoms with Crippen molar-refractivity contribution in [2.24, 2.45) is 17.8 Å². The Bertz CT molecular complexity index is 679. The van der Waals surface area contributed by atoms with Crippen LogP contribution in [-0.4, -0.2) is 12.9 Å². The Morgan fingerprint density at radius 1 is 1.05 bits per heavy atom. The van der Waals surface area contributed by atoms with Gasteiger partial charge in [0.05, 0.1) is 7.11 Å². The highest BCUT2D eigenvalue weighted by molar-refractivity contribution is 6.11. The van der Waals surface area contributed by atoms with Crippen LogP contribution >= 0.6 is 0 Å². The second-order valence-corrected chi connectivity index (χ2v) is 6.01. The molecule has 0 spiro atoms. The van der Waals surface area contributed by atoms with Gasteiger partial charge in [-0.05, 0) is 42.2 Å². The van der Waals surface area contributed by atoms with Crippen LogP contribution in [0.2, 0.25) is 0 Å². The van der Waals surface area contributed by atoms with Gasteiger partial charge in [0.1, 0.15) is 5.75 Å². The third-order valence-corrected chi connectivity index (χ3v) is 5.08. The SMILES string of the molecule is COc1ccc(C(=O)C2C3CCCC32)c2ccccc12. The molecule has 0 aliphatic heterocycles. The Kier molecular flexibility index (Phi) is 2.59. The topological polar surface area (TPSA) is 26.3 Å². The summed E-state index contributed by atoms with van der Waals surface area (Å²) in [6.45, 7) is 0. The molecular weight excluding hydrogens is 248 g/mol. The van der Waals surface area contributed by atoms with Gasteiger partial charge in [-0.1, -0.05) is 30.7 Å². The van der Waals surface area contributed by atoms with Crippen molar-refractivity contribution in [3.05, 3.63) is 42.0 Å². The maximum absolute atomic E-state index is 12.8. The molecule has 2 aliphatic carbocycles. The van der Waals surface area contributed by atoms with Gasteiger partial charge in [-0.3, -0.25) is 4.79 Å². The number of carbonyl (C=O) groups is 1. The highest BCUT2D eigenvalue weighted by Gasteiger charge is 2.56. The third kappa shape index (κ3) is 1.60. The van der Waals surface area contributed by atoms with Gasteiger partial charge in [-0.15, -0.1) is 0 Å². The number of Topliss-reactive ketones (excluding diaryl/α,β-unsaturated/α-hetero) is 1. The van der Waals surface area contributed by atoms with Gasteiger partial charge in [-0.2, -0.15) is 0 Å². The van der Waals surface area contributed by atoms with E-state index in [9.17, 15) is 4.79 Å². The molecule has 20 heavy (non-hydrogen) atoms. The zero-order chi connectivity index (χ0) is 13.7. The lowest BCUT2D eigenvalue weighted by atomic mass is 9.95. The Hall–Kier alpha value is -1.83. The van der Waals surface area contributed by atoms with Crippen LogP contribution < -0.4 is 4.74 Å². The minimum Gasteiger partial charge on any atom is -0.496 e. The fraction of sp³-hybridized carbons (Fsp3) is 0.389. The van der Waals surface area contributed by atoms with Crippen molar-refractivity contribution < 1.29 is 9.53 Å². The predicted octanol–water partition coefficient (Wildman–Crippen LogP) is 4.08. The maximum Gasteiger partial charge on any atom is 0.167 e. The summed E-state index contributed by atoms with van der Waals surface area (Å²) in [6, 6.07) is 11.9. The number of benzene rings is 2. The summed E-state index contributed by atoms with van der Waals surface area (Å²) in [5.41, 5.74) is 0.876. The minimum atomic E-state index is 0.292. The van der Waals surface area contributed by atoms with Crippen LogP contribution in [-0.2, 0) is 0 Å². The summed E-state index contributed by atoms with van der Waals surface area (Å²) in [5.74, 6) is 2.82. The monoisotopic (exact) mass is 266 g/mol. The first-order valence-corrected chi connectivity index (χ1v) is 7.41. The number of hydrogen-bond acceptors (Lipinski definition) is 2. The first-order valence-electron chi connectivity index (χ1n) is 7.41. The van der Waals surface area contributed by atoms with Crippen molar-refractivity contribution in [1.29, 1.82) is 0 Å². The zero-order valence-corrected chi connectivity index (χ0v) is 11.6. The van der Waals surface area contributed by atoms with E-state index >= 15 is 0 Å². The number of fused-ring (bicyclic) bond motifs is 2. The zero-order valence-electron chi connectivity index (χ0n) is 11.6. The van der Waals surface area contributed by atoms with Gasteiger partial charge < -0.3 is 4.74 Å². The number of methoxy groups -OCH3 is 1. The van der Waals surface area contributed by atoms with Crippen LogP contribution in [0.1, 0.15) is 29.6 Å². The number of rotatable bonds is 3. The summed E-state index contributed by atoms with van der Waals surface area (Å²) in [7, 11) is 1.68. The first kappa shape index (κ1) is 12.0. The minimum absolute atomic E-state index is 0.292. The molecule has 0 radical (unpaired) electrons. The van der Waals surface area contributed by atoms with E-state index < -0.39 is 0 Å². The van der Waals surface area contributed by atoms with Crippen LogP contribution in [0.3, 0.4) is 0 Å². The van der Waals surface area contributed by atoms with Gasteiger partial charge >= 0.3 is 0 Å². The molecule has 2 saturated carbocycles. The molecule has 2 aromatic carbocycles. The number of ether oxygens (including phenoxy) is 1. The molecule has 2 unspecified atom stereocenters. The fourth-order valence-electron chi connectivity index (χ4n) is 4.05. The van der Waals surface area contributed by atoms with Crippen LogP contribution in [0.25, 0.3) is 10.8 Å². The largest absolute Gasteiger partial charge is 0.496 e. The lowest BCUT2D eigenvalue weighted by Crippen LogP contribution is -2.07. The van der Waals surface area contributed by atoms with E-state index in [1.54, 1.807) is 7.11 Å². The van der Waals surface area contributed by atoms with Gasteiger partial charge in [0.2, 0.25) is 0 Å². The first-order chi connectivity index (χ1) is 9.81. The van der Waals surface area contributed by atoms with Crippen LogP contribution in [0, 0.1) is 17.8 Å². The molecule has 0 bridgehead atoms. The molecule has 0 N–H and O–H groups in total. The number of ketones is 1. The summed E-state index contributed by atoms with van der Waals surface area (Å²) >= 11 is 0. The van der Waals surface area contributed by atoms with E-state index in [1.807, 2.05) is 36.4 Å². The second-order valence-electron chi connectivity index (χ2n) is 6.01. The standard InChI is InChI=1S/C18H18O2/c1-20-16-10-9-15(11-5-2-3-6-12(11)16)18(19)17-13-7-4-8-14(13)17/h2-3,5-6,9-10,13-14,17H,4,7-8H2,1H3. The third-order valence-electron chi connectivity index (χ3n) is 5.08. The molecule has 0 heterocycles. The Balaban J connectivity index is 1.79. The molecule has 2 heteroatoms. The second kappa shape index (κ2) is 4.34. The van der Waals surface area contributed by atoms with Gasteiger partial charge in [-0.25, -0.2) is 0 Å². The van der Waals surface area contributed by atoms with E-state index in [-0.39, 0.29) is 0 Å². The Labute approximate surface area is 118 Å². The number of carbonyl (C=O) groups excluding carboxylic acids is 1. The molecule has 102 valence electrons. The molecule has 2 aromatic rings. The average molecular weight is 266 g/mol. The Morgan fingerprint density at radius 2 is 1.75 bits per heavy atom. The van der Waals surface area contributed by atoms with Crippen molar-refractivity contribution in [1.82, 2.24) is 0 Å². The smallest absolute Gasteiger partial charge is 0.167 e. The molecule has 0 saturated heterocycles. The quantitative estimate of drug-likeness (QED) is 0.782. The summed E-state index contributed by atoms with van der Waals surface area (Å²) < 4.78 is 5.40. The van der Waals surface area contributed by atoms with Gasteiger partial charge in [0.25, 0.3) is 0 Å². The molecule has 4 rings (SSSR count). The van der Waals surface area contributed by atoms with Crippen LogP contribution in [0.15, 0.2) is 36.4 Å². The highest BCUT2D eigenvalue weighted by atomic mass is 16.5. The molecule has 2 nitrogen and oxygen atoms in total. The summed E-state index contributed by atoms with van der Waals surface area (Å²) in [6.07, 6.45) is 3.80. The van der Waals surface area contributed by atoms with Crippen molar-refractivity contribution in [3.63, 3.8) is 0 Å². The molecule has 2 atom stereocenters. The average Bonchev–Trinajstić information content (AvgIpc) is 2.97. The molecule has 0 amide bonds. The van der Waals surface area contributed by atoms with E-state index in [4.69, 9.17) is 4.74 Å². The van der Waals surface area contributed by atoms with Crippen molar-refractivity contribution >= 4 is 16.6 Å². The summed E-state index contributed by atoms with van der Waals surface area (Å²) in [5, 5.41) is 2.06. The van der Waals surface area contributed by atoms with Crippen molar-refractivity contribution in [2.75, 3.05) is 7.11 Å². The number of hydrogen-bond donors (Lipinski definition) is 0. The van der Waals surface area contributed by atoms with Crippen molar-refractivity contribution in [3.8, 4) is 5.75 Å². The van der Waals surface area contributed by atoms with E-state index in [2.05, 4.69) is 0 Å². The lowest BCUT2D eigenvalue weighted by molar-refractivity contribution is 0.0953. The highest BCUT2D eigenvalue weighted by Crippen LogP contribution is 2.58. The Morgan fingerprint density at radius 3 is 2.45 bits per heavy atom. The molecule has 2 fully saturated rings. The molecule has 2 aliphatic rings. The van der Waals surface area contributed by atoms with Crippen LogP contribution in [0.5, 0.6) is 5.75 Å². The van der Waals surface area contributed by atoms with Crippen LogP contribution in [0.4, 0.5) is 0 Å². The van der Waals surface area contributed by atoms with Gasteiger partial charge in [0.15, 0.2) is 5.78 Å². The fourth-order valence-corrected chi connectivity index (χ4v) is 4.05. The van der Waals surface area contributed by atoms with Gasteiger partial charge in [0, 0.05) is 16.9 Å². The predicted molar refractivity (Wildman–Crippen MR) is 79.2 cm³/mol. The lowest BCUT2D eigenvalue weighted by Gasteiger charge is -2.10. The van der Waals surface area contributed by atoms with E-state index in [0.717, 1.165) is 22.1 Å². The van der Waals surface area contributed by atoms with E-state index in [1.165, 1.54) is 19.3 Å². The van der Waals surface area contributed by atoms with Crippen molar-refractivity contribution in [2.45, 2.75) is 19.3 Å². The molecule has 0 aromatic heterocycles. The summed E-state index contributed by atoms with van der Waals surface area (Å²) in [4.78, 5) is 12.8. The normalized spacial score (nSPS) is 27.4. The molecular formula is C18H18O2.